The summed E-state index contributed by atoms with van der Waals surface area (Å²) >= 11 is 0. The zero-order valence-electron chi connectivity index (χ0n) is 2.16. The van der Waals surface area contributed by atoms with Crippen LogP contribution in [0.15, 0.2) is 0 Å². The SMILES string of the molecule is [BaH2].[Cr].[Cu].[MgH+].[OH-]. The van der Waals surface area contributed by atoms with E-state index in [4.69, 9.17) is 0 Å². The minimum absolute atomic E-state index is 0. The van der Waals surface area contributed by atoms with Crippen LogP contribution in [-0.2, 0) is 34.4 Å². The normalized spacial score (nSPS) is 0. The van der Waals surface area contributed by atoms with E-state index in [9.17, 15) is 0 Å². The molecule has 0 bridgehead atoms. The summed E-state index contributed by atoms with van der Waals surface area (Å²) in [5.74, 6) is 0. The van der Waals surface area contributed by atoms with Crippen LogP contribution >= 0.6 is 0 Å². The summed E-state index contributed by atoms with van der Waals surface area (Å²) in [4.78, 5) is 0. The van der Waals surface area contributed by atoms with E-state index in [-0.39, 0.29) is 112 Å². The molecule has 0 unspecified atom stereocenters. The molecule has 1 N–H and O–H groups in total. The van der Waals surface area contributed by atoms with E-state index in [1.807, 2.05) is 0 Å². The average Bonchev–Trinajstić information content (AvgIpc) is 0. The first-order valence-electron chi connectivity index (χ1n) is 0. The van der Waals surface area contributed by atoms with Gasteiger partial charge in [0.25, 0.3) is 0 Å². The van der Waals surface area contributed by atoms with Gasteiger partial charge in [-0.05, 0) is 0 Å². The molecule has 0 fully saturated rings. The first-order chi connectivity index (χ1) is 0. The van der Waals surface area contributed by atoms with Crippen molar-refractivity contribution in [1.29, 1.82) is 0 Å². The molecule has 0 aliphatic heterocycles. The van der Waals surface area contributed by atoms with Crippen molar-refractivity contribution in [2.45, 2.75) is 0 Å². The Labute approximate surface area is 109 Å². The molecular formula is H4BaCrCuMgO. The molecule has 1 radical (unpaired) electrons. The summed E-state index contributed by atoms with van der Waals surface area (Å²) in [7, 11) is 0. The minimum Gasteiger partial charge on any atom is -0.870 e. The monoisotopic (exact) mass is 297 g/mol. The molecule has 1 nitrogen and oxygen atoms in total. The summed E-state index contributed by atoms with van der Waals surface area (Å²) in [6.45, 7) is 0. The van der Waals surface area contributed by atoms with Crippen molar-refractivity contribution >= 4 is 71.9 Å². The van der Waals surface area contributed by atoms with Crippen molar-refractivity contribution in [3.8, 4) is 0 Å². The predicted octanol–water partition coefficient (Wildman–Crippen LogP) is -1.75. The Bertz CT molecular complexity index is 11.6. The molecule has 0 saturated heterocycles. The maximum absolute atomic E-state index is 0. The Balaban J connectivity index is 0. The first kappa shape index (κ1) is 40.2. The fourth-order valence-corrected chi connectivity index (χ4v) is 0. The molecule has 0 aromatic rings. The van der Waals surface area contributed by atoms with Gasteiger partial charge in [0, 0.05) is 34.4 Å². The molecule has 0 aromatic heterocycles. The van der Waals surface area contributed by atoms with E-state index in [1.54, 1.807) is 0 Å². The molecule has 0 aliphatic rings. The largest absolute Gasteiger partial charge is 0.870 e. The van der Waals surface area contributed by atoms with Crippen molar-refractivity contribution in [1.82, 2.24) is 0 Å². The summed E-state index contributed by atoms with van der Waals surface area (Å²) in [5.41, 5.74) is 0. The third kappa shape index (κ3) is 18.7. The number of hydrogen-bond acceptors (Lipinski definition) is 1. The van der Waals surface area contributed by atoms with Crippen LogP contribution in [0.3, 0.4) is 0 Å². The first-order valence-corrected chi connectivity index (χ1v) is 0. The number of rotatable bonds is 0. The zero-order chi connectivity index (χ0) is 0. The Morgan fingerprint density at radius 2 is 1.00 bits per heavy atom. The molecule has 0 amide bonds. The zero-order valence-corrected chi connectivity index (χ0v) is 6.37. The van der Waals surface area contributed by atoms with Crippen LogP contribution in [0, 0.1) is 0 Å². The van der Waals surface area contributed by atoms with E-state index in [2.05, 4.69) is 0 Å². The molecule has 5 heteroatoms. The van der Waals surface area contributed by atoms with E-state index < -0.39 is 0 Å². The van der Waals surface area contributed by atoms with Crippen LogP contribution in [0.2, 0.25) is 0 Å². The van der Waals surface area contributed by atoms with Gasteiger partial charge in [0.15, 0.2) is 0 Å². The minimum atomic E-state index is 0. The molecule has 0 spiro atoms. The van der Waals surface area contributed by atoms with Gasteiger partial charge in [0.05, 0.1) is 0 Å². The Hall–Kier alpha value is 3.35. The fraction of sp³-hybridized carbons (Fsp3) is 0. The Kier molecular flexibility index (Phi) is 212. The molecule has 0 aromatic carbocycles. The van der Waals surface area contributed by atoms with Crippen LogP contribution in [-0.4, -0.2) is 77.4 Å². The van der Waals surface area contributed by atoms with Gasteiger partial charge in [0.2, 0.25) is 0 Å². The molecule has 0 atom stereocenters. The van der Waals surface area contributed by atoms with Crippen LogP contribution in [0.5, 0.6) is 0 Å². The second-order valence-electron chi connectivity index (χ2n) is 0. The van der Waals surface area contributed by atoms with Gasteiger partial charge >= 0.3 is 71.9 Å². The second kappa shape index (κ2) is 26.4. The summed E-state index contributed by atoms with van der Waals surface area (Å²) < 4.78 is 0. The number of hydrogen-bond donors (Lipinski definition) is 0. The third-order valence-corrected chi connectivity index (χ3v) is 0. The molecule has 0 rings (SSSR count). The second-order valence-corrected chi connectivity index (χ2v) is 0. The van der Waals surface area contributed by atoms with Crippen molar-refractivity contribution in [3.05, 3.63) is 0 Å². The Morgan fingerprint density at radius 1 is 1.00 bits per heavy atom. The van der Waals surface area contributed by atoms with Gasteiger partial charge in [-0.2, -0.15) is 0 Å². The van der Waals surface area contributed by atoms with Crippen molar-refractivity contribution in [3.63, 3.8) is 0 Å². The van der Waals surface area contributed by atoms with Crippen molar-refractivity contribution in [2.75, 3.05) is 0 Å². The van der Waals surface area contributed by atoms with Gasteiger partial charge < -0.3 is 5.48 Å². The van der Waals surface area contributed by atoms with Crippen LogP contribution in [0.4, 0.5) is 0 Å². The standard InChI is InChI=1S/Ba.Cr.Cu.Mg.H2O.3H/h;;;;1H2;;;/q;;;+1;;;;/p-1. The van der Waals surface area contributed by atoms with Crippen LogP contribution in [0.1, 0.15) is 0 Å². The van der Waals surface area contributed by atoms with E-state index in [0.717, 1.165) is 0 Å². The maximum atomic E-state index is 0. The van der Waals surface area contributed by atoms with Crippen LogP contribution in [0.25, 0.3) is 0 Å². The fourth-order valence-electron chi connectivity index (χ4n) is 0. The van der Waals surface area contributed by atoms with Crippen molar-refractivity contribution < 1.29 is 39.9 Å². The van der Waals surface area contributed by atoms with Crippen molar-refractivity contribution in [2.24, 2.45) is 0 Å². The molecule has 0 heterocycles. The molecule has 5 heavy (non-hydrogen) atoms. The molecule has 0 saturated carbocycles. The topological polar surface area (TPSA) is 30.0 Å². The average molecular weight is 297 g/mol. The van der Waals surface area contributed by atoms with Gasteiger partial charge in [-0.15, -0.1) is 0 Å². The Morgan fingerprint density at radius 3 is 1.00 bits per heavy atom. The smallest absolute Gasteiger partial charge is 0.870 e. The molecular weight excluding hydrogens is 293 g/mol. The van der Waals surface area contributed by atoms with Gasteiger partial charge in [-0.25, -0.2) is 0 Å². The maximum Gasteiger partial charge on any atom is -0.870 e. The van der Waals surface area contributed by atoms with E-state index in [0.29, 0.717) is 0 Å². The molecule has 0 aliphatic carbocycles. The summed E-state index contributed by atoms with van der Waals surface area (Å²) in [6, 6.07) is 0. The summed E-state index contributed by atoms with van der Waals surface area (Å²) in [6.07, 6.45) is 0. The quantitative estimate of drug-likeness (QED) is 0.488. The predicted molar refractivity (Wildman–Crippen MR) is 17.6 cm³/mol. The van der Waals surface area contributed by atoms with E-state index in [1.165, 1.54) is 0 Å². The van der Waals surface area contributed by atoms with Gasteiger partial charge in [-0.3, -0.25) is 0 Å². The third-order valence-electron chi connectivity index (χ3n) is 0. The van der Waals surface area contributed by atoms with E-state index >= 15 is 0 Å². The molecule has 31 valence electrons. The summed E-state index contributed by atoms with van der Waals surface area (Å²) in [5, 5.41) is 0. The van der Waals surface area contributed by atoms with Gasteiger partial charge in [0.1, 0.15) is 0 Å². The van der Waals surface area contributed by atoms with Gasteiger partial charge in [-0.1, -0.05) is 0 Å². The van der Waals surface area contributed by atoms with Crippen LogP contribution < -0.4 is 0 Å².